The predicted molar refractivity (Wildman–Crippen MR) is 54.0 cm³/mol. The lowest BCUT2D eigenvalue weighted by Gasteiger charge is -2.05. The molecular weight excluding hydrogens is 256 g/mol. The van der Waals surface area contributed by atoms with Crippen LogP contribution in [0.3, 0.4) is 0 Å². The molecule has 0 radical (unpaired) electrons. The molecular formula is C8H9BrO3S. The first kappa shape index (κ1) is 10.7. The third-order valence-electron chi connectivity index (χ3n) is 1.60. The van der Waals surface area contributed by atoms with Gasteiger partial charge in [0, 0.05) is 9.35 Å². The number of aliphatic hydroxyl groups excluding tert-OH is 1. The first-order valence-electron chi connectivity index (χ1n) is 3.65. The Bertz CT molecular complexity index is 321. The molecule has 0 aliphatic carbocycles. The van der Waals surface area contributed by atoms with Crippen LogP contribution in [0.4, 0.5) is 0 Å². The van der Waals surface area contributed by atoms with Crippen molar-refractivity contribution < 1.29 is 15.0 Å². The Morgan fingerprint density at radius 3 is 2.77 bits per heavy atom. The summed E-state index contributed by atoms with van der Waals surface area (Å²) < 4.78 is 0.811. The molecule has 1 aromatic rings. The highest BCUT2D eigenvalue weighted by Crippen LogP contribution is 2.33. The average molecular weight is 265 g/mol. The van der Waals surface area contributed by atoms with Crippen molar-refractivity contribution in [3.63, 3.8) is 0 Å². The van der Waals surface area contributed by atoms with Gasteiger partial charge in [0.25, 0.3) is 0 Å². The van der Waals surface area contributed by atoms with Crippen LogP contribution in [-0.4, -0.2) is 16.2 Å². The van der Waals surface area contributed by atoms with E-state index in [0.717, 1.165) is 10.0 Å². The molecule has 1 aromatic heterocycles. The van der Waals surface area contributed by atoms with Gasteiger partial charge in [0.2, 0.25) is 0 Å². The zero-order valence-electron chi connectivity index (χ0n) is 6.95. The van der Waals surface area contributed by atoms with E-state index in [1.807, 2.05) is 12.3 Å². The van der Waals surface area contributed by atoms with Crippen molar-refractivity contribution in [2.24, 2.45) is 0 Å². The Balaban J connectivity index is 2.82. The van der Waals surface area contributed by atoms with E-state index >= 15 is 0 Å². The van der Waals surface area contributed by atoms with Gasteiger partial charge < -0.3 is 10.2 Å². The molecule has 1 atom stereocenters. The first-order valence-corrected chi connectivity index (χ1v) is 5.33. The van der Waals surface area contributed by atoms with Gasteiger partial charge in [0.15, 0.2) is 0 Å². The molecule has 0 spiro atoms. The van der Waals surface area contributed by atoms with Crippen LogP contribution in [0.5, 0.6) is 0 Å². The topological polar surface area (TPSA) is 57.5 Å². The predicted octanol–water partition coefficient (Wildman–Crippen LogP) is 2.33. The molecule has 0 saturated carbocycles. The van der Waals surface area contributed by atoms with Crippen molar-refractivity contribution in [2.45, 2.75) is 19.4 Å². The molecule has 0 amide bonds. The van der Waals surface area contributed by atoms with E-state index in [1.165, 1.54) is 11.3 Å². The van der Waals surface area contributed by atoms with Crippen molar-refractivity contribution in [1.82, 2.24) is 0 Å². The van der Waals surface area contributed by atoms with Crippen molar-refractivity contribution in [2.75, 3.05) is 0 Å². The summed E-state index contributed by atoms with van der Waals surface area (Å²) in [5, 5.41) is 19.8. The summed E-state index contributed by atoms with van der Waals surface area (Å²) in [6, 6.07) is 0. The second kappa shape index (κ2) is 4.21. The standard InChI is InChI=1S/C8H9BrO3S/c1-4-3-13-8(7(4)9)5(10)2-6(11)12/h3,5,10H,2H2,1H3,(H,11,12)/t5-/m1/s1. The maximum absolute atomic E-state index is 10.3. The number of aliphatic carboxylic acids is 1. The highest BCUT2D eigenvalue weighted by Gasteiger charge is 2.17. The van der Waals surface area contributed by atoms with Gasteiger partial charge in [-0.2, -0.15) is 0 Å². The van der Waals surface area contributed by atoms with Crippen LogP contribution < -0.4 is 0 Å². The molecule has 0 unspecified atom stereocenters. The minimum Gasteiger partial charge on any atom is -0.481 e. The molecule has 0 aromatic carbocycles. The van der Waals surface area contributed by atoms with Gasteiger partial charge in [-0.15, -0.1) is 11.3 Å². The van der Waals surface area contributed by atoms with Crippen molar-refractivity contribution in [1.29, 1.82) is 0 Å². The van der Waals surface area contributed by atoms with Crippen LogP contribution in [0.15, 0.2) is 9.85 Å². The average Bonchev–Trinajstić information content (AvgIpc) is 2.31. The zero-order valence-corrected chi connectivity index (χ0v) is 9.35. The van der Waals surface area contributed by atoms with Crippen molar-refractivity contribution >= 4 is 33.2 Å². The van der Waals surface area contributed by atoms with Crippen molar-refractivity contribution in [3.05, 3.63) is 20.3 Å². The lowest BCUT2D eigenvalue weighted by Crippen LogP contribution is -2.04. The molecule has 3 nitrogen and oxygen atoms in total. The number of carbonyl (C=O) groups is 1. The fraction of sp³-hybridized carbons (Fsp3) is 0.375. The molecule has 0 aliphatic heterocycles. The maximum Gasteiger partial charge on any atom is 0.306 e. The number of carboxylic acids is 1. The summed E-state index contributed by atoms with van der Waals surface area (Å²) in [5.74, 6) is -0.995. The molecule has 0 aliphatic rings. The van der Waals surface area contributed by atoms with Gasteiger partial charge >= 0.3 is 5.97 Å². The number of rotatable bonds is 3. The smallest absolute Gasteiger partial charge is 0.306 e. The second-order valence-corrected chi connectivity index (χ2v) is 4.41. The molecule has 0 bridgehead atoms. The van der Waals surface area contributed by atoms with E-state index in [1.54, 1.807) is 0 Å². The summed E-state index contributed by atoms with van der Waals surface area (Å²) in [6.07, 6.45) is -1.16. The summed E-state index contributed by atoms with van der Waals surface area (Å²) >= 11 is 4.66. The quantitative estimate of drug-likeness (QED) is 0.881. The van der Waals surface area contributed by atoms with Gasteiger partial charge in [-0.05, 0) is 33.8 Å². The van der Waals surface area contributed by atoms with Gasteiger partial charge in [-0.1, -0.05) is 0 Å². The summed E-state index contributed by atoms with van der Waals surface area (Å²) in [5.41, 5.74) is 1.02. The van der Waals surface area contributed by atoms with E-state index in [-0.39, 0.29) is 6.42 Å². The van der Waals surface area contributed by atoms with Crippen LogP contribution in [0.25, 0.3) is 0 Å². The highest BCUT2D eigenvalue weighted by molar-refractivity contribution is 9.10. The molecule has 1 rings (SSSR count). The number of halogens is 1. The molecule has 0 saturated heterocycles. The van der Waals surface area contributed by atoms with E-state index in [2.05, 4.69) is 15.9 Å². The molecule has 2 N–H and O–H groups in total. The van der Waals surface area contributed by atoms with Gasteiger partial charge in [0.1, 0.15) is 0 Å². The van der Waals surface area contributed by atoms with E-state index < -0.39 is 12.1 Å². The van der Waals surface area contributed by atoms with Gasteiger partial charge in [0.05, 0.1) is 12.5 Å². The number of aliphatic hydroxyl groups is 1. The minimum absolute atomic E-state index is 0.251. The Morgan fingerprint density at radius 2 is 2.38 bits per heavy atom. The lowest BCUT2D eigenvalue weighted by molar-refractivity contribution is -0.139. The zero-order chi connectivity index (χ0) is 10.0. The van der Waals surface area contributed by atoms with Crippen LogP contribution in [-0.2, 0) is 4.79 Å². The Morgan fingerprint density at radius 1 is 1.77 bits per heavy atom. The normalized spacial score (nSPS) is 12.8. The van der Waals surface area contributed by atoms with E-state index in [0.29, 0.717) is 4.88 Å². The van der Waals surface area contributed by atoms with Crippen LogP contribution in [0.1, 0.15) is 23.0 Å². The molecule has 13 heavy (non-hydrogen) atoms. The number of aryl methyl sites for hydroxylation is 1. The summed E-state index contributed by atoms with van der Waals surface area (Å²) in [7, 11) is 0. The largest absolute Gasteiger partial charge is 0.481 e. The Hall–Kier alpha value is -0.390. The monoisotopic (exact) mass is 264 g/mol. The first-order chi connectivity index (χ1) is 6.02. The van der Waals surface area contributed by atoms with E-state index in [9.17, 15) is 9.90 Å². The van der Waals surface area contributed by atoms with Crippen LogP contribution >= 0.6 is 27.3 Å². The van der Waals surface area contributed by atoms with Gasteiger partial charge in [-0.25, -0.2) is 0 Å². The number of hydrogen-bond acceptors (Lipinski definition) is 3. The van der Waals surface area contributed by atoms with E-state index in [4.69, 9.17) is 5.11 Å². The van der Waals surface area contributed by atoms with Crippen LogP contribution in [0, 0.1) is 6.92 Å². The number of carboxylic acid groups (broad SMARTS) is 1. The highest BCUT2D eigenvalue weighted by atomic mass is 79.9. The maximum atomic E-state index is 10.3. The molecule has 72 valence electrons. The Labute approximate surface area is 88.1 Å². The lowest BCUT2D eigenvalue weighted by atomic mass is 10.2. The summed E-state index contributed by atoms with van der Waals surface area (Å²) in [6.45, 7) is 1.90. The molecule has 5 heteroatoms. The SMILES string of the molecule is Cc1csc([C@H](O)CC(=O)O)c1Br. The molecule has 0 fully saturated rings. The third kappa shape index (κ3) is 2.52. The minimum atomic E-state index is -0.995. The molecule has 1 heterocycles. The second-order valence-electron chi connectivity index (χ2n) is 2.71. The fourth-order valence-corrected chi connectivity index (χ4v) is 2.67. The number of hydrogen-bond donors (Lipinski definition) is 2. The van der Waals surface area contributed by atoms with Crippen LogP contribution in [0.2, 0.25) is 0 Å². The Kier molecular flexibility index (Phi) is 3.47. The summed E-state index contributed by atoms with van der Waals surface area (Å²) in [4.78, 5) is 11.0. The third-order valence-corrected chi connectivity index (χ3v) is 4.11. The fourth-order valence-electron chi connectivity index (χ4n) is 0.933. The van der Waals surface area contributed by atoms with Crippen molar-refractivity contribution in [3.8, 4) is 0 Å². The number of thiophene rings is 1. The van der Waals surface area contributed by atoms with Gasteiger partial charge in [-0.3, -0.25) is 4.79 Å².